The zero-order valence-electron chi connectivity index (χ0n) is 11.3. The van der Waals surface area contributed by atoms with Crippen molar-refractivity contribution < 1.29 is 0 Å². The Morgan fingerprint density at radius 2 is 2.00 bits per heavy atom. The minimum Gasteiger partial charge on any atom is -0.354 e. The Kier molecular flexibility index (Phi) is 4.22. The van der Waals surface area contributed by atoms with Crippen LogP contribution in [0, 0.1) is 13.8 Å². The third kappa shape index (κ3) is 3.35. The Morgan fingerprint density at radius 1 is 1.21 bits per heavy atom. The SMILES string of the molecule is CCNc1ncc(Cl)c(Nc2ccc(C)c(C)c2)n1. The molecule has 4 nitrogen and oxygen atoms in total. The summed E-state index contributed by atoms with van der Waals surface area (Å²) in [6.07, 6.45) is 1.59. The number of benzene rings is 1. The van der Waals surface area contributed by atoms with E-state index >= 15 is 0 Å². The number of hydrogen-bond acceptors (Lipinski definition) is 4. The molecule has 100 valence electrons. The topological polar surface area (TPSA) is 49.8 Å². The zero-order chi connectivity index (χ0) is 13.8. The molecule has 1 aromatic heterocycles. The van der Waals surface area contributed by atoms with Crippen molar-refractivity contribution in [2.24, 2.45) is 0 Å². The predicted octanol–water partition coefficient (Wildman–Crippen LogP) is 3.92. The Balaban J connectivity index is 2.26. The van der Waals surface area contributed by atoms with Crippen molar-refractivity contribution in [3.63, 3.8) is 0 Å². The quantitative estimate of drug-likeness (QED) is 0.889. The van der Waals surface area contributed by atoms with Crippen LogP contribution >= 0.6 is 11.6 Å². The van der Waals surface area contributed by atoms with Gasteiger partial charge in [0, 0.05) is 12.2 Å². The summed E-state index contributed by atoms with van der Waals surface area (Å²) in [5, 5.41) is 6.78. The highest BCUT2D eigenvalue weighted by atomic mass is 35.5. The maximum atomic E-state index is 6.10. The smallest absolute Gasteiger partial charge is 0.224 e. The van der Waals surface area contributed by atoms with Gasteiger partial charge in [0.15, 0.2) is 5.82 Å². The highest BCUT2D eigenvalue weighted by Gasteiger charge is 2.06. The van der Waals surface area contributed by atoms with Crippen LogP contribution in [0.1, 0.15) is 18.1 Å². The summed E-state index contributed by atoms with van der Waals surface area (Å²) in [6.45, 7) is 6.92. The first kappa shape index (κ1) is 13.6. The van der Waals surface area contributed by atoms with Crippen molar-refractivity contribution in [1.29, 1.82) is 0 Å². The predicted molar refractivity (Wildman–Crippen MR) is 80.4 cm³/mol. The molecular formula is C14H17ClN4. The maximum absolute atomic E-state index is 6.10. The van der Waals surface area contributed by atoms with Gasteiger partial charge in [-0.15, -0.1) is 0 Å². The van der Waals surface area contributed by atoms with Gasteiger partial charge in [-0.3, -0.25) is 0 Å². The van der Waals surface area contributed by atoms with E-state index in [0.717, 1.165) is 12.2 Å². The Hall–Kier alpha value is -1.81. The zero-order valence-corrected chi connectivity index (χ0v) is 12.0. The van der Waals surface area contributed by atoms with Gasteiger partial charge in [0.2, 0.25) is 5.95 Å². The van der Waals surface area contributed by atoms with Crippen molar-refractivity contribution in [2.45, 2.75) is 20.8 Å². The van der Waals surface area contributed by atoms with Gasteiger partial charge in [-0.2, -0.15) is 4.98 Å². The number of hydrogen-bond donors (Lipinski definition) is 2. The number of aromatic nitrogens is 2. The lowest BCUT2D eigenvalue weighted by atomic mass is 10.1. The Morgan fingerprint density at radius 3 is 2.68 bits per heavy atom. The molecule has 1 heterocycles. The minimum atomic E-state index is 0.500. The van der Waals surface area contributed by atoms with Crippen LogP contribution < -0.4 is 10.6 Å². The largest absolute Gasteiger partial charge is 0.354 e. The molecule has 2 N–H and O–H groups in total. The number of halogens is 1. The summed E-state index contributed by atoms with van der Waals surface area (Å²) in [5.41, 5.74) is 3.45. The highest BCUT2D eigenvalue weighted by Crippen LogP contribution is 2.24. The number of nitrogens with zero attached hydrogens (tertiary/aromatic N) is 2. The molecule has 1 aromatic carbocycles. The lowest BCUT2D eigenvalue weighted by Gasteiger charge is -2.10. The van der Waals surface area contributed by atoms with E-state index in [1.54, 1.807) is 6.20 Å². The Labute approximate surface area is 118 Å². The molecule has 0 radical (unpaired) electrons. The fourth-order valence-electron chi connectivity index (χ4n) is 1.65. The average molecular weight is 277 g/mol. The summed E-state index contributed by atoms with van der Waals surface area (Å²) >= 11 is 6.10. The second-order valence-electron chi connectivity index (χ2n) is 4.34. The molecule has 0 fully saturated rings. The second kappa shape index (κ2) is 5.89. The summed E-state index contributed by atoms with van der Waals surface area (Å²) in [6, 6.07) is 6.15. The minimum absolute atomic E-state index is 0.500. The molecule has 0 aliphatic heterocycles. The molecule has 0 unspecified atom stereocenters. The molecule has 2 rings (SSSR count). The van der Waals surface area contributed by atoms with Crippen LogP contribution in [0.2, 0.25) is 5.02 Å². The third-order valence-electron chi connectivity index (χ3n) is 2.85. The van der Waals surface area contributed by atoms with E-state index in [0.29, 0.717) is 16.8 Å². The molecule has 0 bridgehead atoms. The van der Waals surface area contributed by atoms with Crippen molar-refractivity contribution in [3.8, 4) is 0 Å². The van der Waals surface area contributed by atoms with Gasteiger partial charge >= 0.3 is 0 Å². The van der Waals surface area contributed by atoms with E-state index in [-0.39, 0.29) is 0 Å². The van der Waals surface area contributed by atoms with Crippen LogP contribution in [0.25, 0.3) is 0 Å². The van der Waals surface area contributed by atoms with Crippen LogP contribution in [-0.2, 0) is 0 Å². The summed E-state index contributed by atoms with van der Waals surface area (Å²) in [7, 11) is 0. The molecular weight excluding hydrogens is 260 g/mol. The molecule has 5 heteroatoms. The van der Waals surface area contributed by atoms with Crippen LogP contribution in [0.5, 0.6) is 0 Å². The van der Waals surface area contributed by atoms with Gasteiger partial charge in [0.05, 0.1) is 6.20 Å². The van der Waals surface area contributed by atoms with E-state index < -0.39 is 0 Å². The number of rotatable bonds is 4. The first-order valence-corrected chi connectivity index (χ1v) is 6.58. The van der Waals surface area contributed by atoms with Crippen LogP contribution in [0.15, 0.2) is 24.4 Å². The van der Waals surface area contributed by atoms with E-state index in [9.17, 15) is 0 Å². The van der Waals surface area contributed by atoms with Crippen LogP contribution in [0.4, 0.5) is 17.5 Å². The number of aryl methyl sites for hydroxylation is 2. The number of nitrogens with one attached hydrogen (secondary N) is 2. The van der Waals surface area contributed by atoms with E-state index in [4.69, 9.17) is 11.6 Å². The van der Waals surface area contributed by atoms with Crippen molar-refractivity contribution in [3.05, 3.63) is 40.5 Å². The lowest BCUT2D eigenvalue weighted by molar-refractivity contribution is 1.09. The molecule has 0 aliphatic carbocycles. The maximum Gasteiger partial charge on any atom is 0.224 e. The summed E-state index contributed by atoms with van der Waals surface area (Å²) in [4.78, 5) is 8.45. The number of anilines is 3. The fourth-order valence-corrected chi connectivity index (χ4v) is 1.79. The monoisotopic (exact) mass is 276 g/mol. The van der Waals surface area contributed by atoms with Crippen molar-refractivity contribution >= 4 is 29.1 Å². The van der Waals surface area contributed by atoms with Gasteiger partial charge in [-0.1, -0.05) is 17.7 Å². The van der Waals surface area contributed by atoms with Gasteiger partial charge < -0.3 is 10.6 Å². The van der Waals surface area contributed by atoms with Gasteiger partial charge in [0.1, 0.15) is 5.02 Å². The molecule has 0 saturated heterocycles. The average Bonchev–Trinajstić information content (AvgIpc) is 2.38. The van der Waals surface area contributed by atoms with Gasteiger partial charge in [0.25, 0.3) is 0 Å². The summed E-state index contributed by atoms with van der Waals surface area (Å²) in [5.74, 6) is 1.18. The lowest BCUT2D eigenvalue weighted by Crippen LogP contribution is -2.04. The Bertz CT molecular complexity index is 584. The molecule has 0 spiro atoms. The first-order valence-electron chi connectivity index (χ1n) is 6.21. The molecule has 19 heavy (non-hydrogen) atoms. The van der Waals surface area contributed by atoms with Gasteiger partial charge in [-0.25, -0.2) is 4.98 Å². The standard InChI is InChI=1S/C14H17ClN4/c1-4-16-14-17-8-12(15)13(19-14)18-11-6-5-9(2)10(3)7-11/h5-8H,4H2,1-3H3,(H2,16,17,18,19). The molecule has 0 aliphatic rings. The molecule has 2 aromatic rings. The third-order valence-corrected chi connectivity index (χ3v) is 3.13. The van der Waals surface area contributed by atoms with E-state index in [2.05, 4.69) is 46.6 Å². The van der Waals surface area contributed by atoms with Crippen LogP contribution in [-0.4, -0.2) is 16.5 Å². The summed E-state index contributed by atoms with van der Waals surface area (Å²) < 4.78 is 0. The molecule has 0 amide bonds. The van der Waals surface area contributed by atoms with E-state index in [1.807, 2.05) is 13.0 Å². The van der Waals surface area contributed by atoms with Gasteiger partial charge in [-0.05, 0) is 44.0 Å². The normalized spacial score (nSPS) is 10.3. The molecule has 0 atom stereocenters. The molecule has 0 saturated carbocycles. The first-order chi connectivity index (χ1) is 9.10. The van der Waals surface area contributed by atoms with Crippen LogP contribution in [0.3, 0.4) is 0 Å². The fraction of sp³-hybridized carbons (Fsp3) is 0.286. The van der Waals surface area contributed by atoms with Crippen molar-refractivity contribution in [2.75, 3.05) is 17.2 Å². The van der Waals surface area contributed by atoms with Crippen molar-refractivity contribution in [1.82, 2.24) is 9.97 Å². The van der Waals surface area contributed by atoms with E-state index in [1.165, 1.54) is 11.1 Å². The second-order valence-corrected chi connectivity index (χ2v) is 4.75. The highest BCUT2D eigenvalue weighted by molar-refractivity contribution is 6.32.